The number of nitrogens with two attached hydrogens (primary N) is 1. The van der Waals surface area contributed by atoms with E-state index in [0.29, 0.717) is 0 Å². The Balaban J connectivity index is 0.00000162. The van der Waals surface area contributed by atoms with Gasteiger partial charge in [-0.05, 0) is 32.8 Å². The van der Waals surface area contributed by atoms with Gasteiger partial charge in [0, 0.05) is 17.1 Å². The molecular formula is C13H20ClFN2O. The molecule has 0 aliphatic carbocycles. The predicted octanol–water partition coefficient (Wildman–Crippen LogP) is 2.39. The van der Waals surface area contributed by atoms with Crippen molar-refractivity contribution in [3.05, 3.63) is 29.6 Å². The molecule has 1 aliphatic heterocycles. The van der Waals surface area contributed by atoms with Gasteiger partial charge in [0.15, 0.2) is 5.82 Å². The number of rotatable bonds is 2. The smallest absolute Gasteiger partial charge is 0.151 e. The maximum absolute atomic E-state index is 13.8. The van der Waals surface area contributed by atoms with Crippen LogP contribution >= 0.6 is 12.4 Å². The first-order valence-electron chi connectivity index (χ1n) is 5.90. The summed E-state index contributed by atoms with van der Waals surface area (Å²) in [6, 6.07) is 4.64. The van der Waals surface area contributed by atoms with Crippen molar-refractivity contribution in [3.63, 3.8) is 0 Å². The van der Waals surface area contributed by atoms with Gasteiger partial charge in [0.25, 0.3) is 0 Å². The molecule has 4 N–H and O–H groups in total. The third-order valence-corrected chi connectivity index (χ3v) is 3.41. The van der Waals surface area contributed by atoms with E-state index in [1.54, 1.807) is 12.1 Å². The van der Waals surface area contributed by atoms with Crippen LogP contribution in [0.25, 0.3) is 0 Å². The highest BCUT2D eigenvalue weighted by atomic mass is 35.5. The van der Waals surface area contributed by atoms with Crippen molar-refractivity contribution in [1.82, 2.24) is 5.32 Å². The van der Waals surface area contributed by atoms with Crippen LogP contribution in [0.15, 0.2) is 18.2 Å². The fourth-order valence-corrected chi connectivity index (χ4v) is 2.41. The van der Waals surface area contributed by atoms with Gasteiger partial charge in [-0.2, -0.15) is 0 Å². The van der Waals surface area contributed by atoms with Crippen LogP contribution in [0.3, 0.4) is 0 Å². The summed E-state index contributed by atoms with van der Waals surface area (Å²) in [6.45, 7) is 4.16. The Morgan fingerprint density at radius 1 is 1.50 bits per heavy atom. The van der Waals surface area contributed by atoms with Crippen molar-refractivity contribution >= 4 is 18.1 Å². The van der Waals surface area contributed by atoms with E-state index in [4.69, 9.17) is 5.73 Å². The highest BCUT2D eigenvalue weighted by molar-refractivity contribution is 5.85. The summed E-state index contributed by atoms with van der Waals surface area (Å²) in [4.78, 5) is 0. The Morgan fingerprint density at radius 3 is 2.72 bits per heavy atom. The number of hydrogen-bond acceptors (Lipinski definition) is 3. The van der Waals surface area contributed by atoms with Crippen LogP contribution in [0, 0.1) is 5.82 Å². The van der Waals surface area contributed by atoms with Gasteiger partial charge in [0.2, 0.25) is 0 Å². The summed E-state index contributed by atoms with van der Waals surface area (Å²) in [5.74, 6) is -0.508. The summed E-state index contributed by atoms with van der Waals surface area (Å²) in [5.41, 5.74) is 5.87. The standard InChI is InChI=1S/C13H19FN2O.ClH/c1-13(2)7-6-10(16-13)12(17)8-4-3-5-9(15)11(8)14;/h3-5,10,12,16-17H,6-7,15H2,1-2H3;1H/t10?,12-;/m1./s1. The highest BCUT2D eigenvalue weighted by Gasteiger charge is 2.35. The van der Waals surface area contributed by atoms with Crippen LogP contribution in [-0.4, -0.2) is 16.7 Å². The number of aliphatic hydroxyl groups excluding tert-OH is 1. The summed E-state index contributed by atoms with van der Waals surface area (Å²) >= 11 is 0. The summed E-state index contributed by atoms with van der Waals surface area (Å²) in [6.07, 6.45) is 0.960. The van der Waals surface area contributed by atoms with Crippen LogP contribution in [0.4, 0.5) is 10.1 Å². The molecule has 0 spiro atoms. The Bertz CT molecular complexity index is 425. The molecule has 0 aromatic heterocycles. The first kappa shape index (κ1) is 15.2. The Labute approximate surface area is 113 Å². The average Bonchev–Trinajstić information content (AvgIpc) is 2.62. The Hall–Kier alpha value is -0.840. The molecule has 1 aromatic rings. The normalized spacial score (nSPS) is 23.4. The minimum absolute atomic E-state index is 0. The molecule has 0 radical (unpaired) electrons. The zero-order valence-electron chi connectivity index (χ0n) is 10.6. The quantitative estimate of drug-likeness (QED) is 0.726. The molecule has 102 valence electrons. The minimum Gasteiger partial charge on any atom is -0.396 e. The molecule has 2 atom stereocenters. The number of aliphatic hydroxyl groups is 1. The van der Waals surface area contributed by atoms with Gasteiger partial charge in [-0.25, -0.2) is 4.39 Å². The molecule has 1 saturated heterocycles. The lowest BCUT2D eigenvalue weighted by atomic mass is 9.99. The maximum atomic E-state index is 13.8. The molecule has 1 heterocycles. The predicted molar refractivity (Wildman–Crippen MR) is 73.3 cm³/mol. The lowest BCUT2D eigenvalue weighted by Crippen LogP contribution is -2.40. The summed E-state index contributed by atoms with van der Waals surface area (Å²) in [5, 5.41) is 13.5. The molecule has 1 fully saturated rings. The second-order valence-electron chi connectivity index (χ2n) is 5.37. The highest BCUT2D eigenvalue weighted by Crippen LogP contribution is 2.32. The lowest BCUT2D eigenvalue weighted by Gasteiger charge is -2.24. The first-order valence-corrected chi connectivity index (χ1v) is 5.90. The SMILES string of the molecule is CC1(C)CCC([C@H](O)c2cccc(N)c2F)N1.Cl. The van der Waals surface area contributed by atoms with Gasteiger partial charge < -0.3 is 16.2 Å². The van der Waals surface area contributed by atoms with Crippen LogP contribution in [0.1, 0.15) is 38.4 Å². The fraction of sp³-hybridized carbons (Fsp3) is 0.538. The first-order chi connectivity index (χ1) is 7.91. The van der Waals surface area contributed by atoms with Crippen LogP contribution in [0.2, 0.25) is 0 Å². The molecule has 18 heavy (non-hydrogen) atoms. The molecule has 0 amide bonds. The van der Waals surface area contributed by atoms with Gasteiger partial charge in [0.1, 0.15) is 0 Å². The molecule has 3 nitrogen and oxygen atoms in total. The van der Waals surface area contributed by atoms with Crippen molar-refractivity contribution in [2.45, 2.75) is 44.4 Å². The van der Waals surface area contributed by atoms with E-state index < -0.39 is 11.9 Å². The van der Waals surface area contributed by atoms with Crippen molar-refractivity contribution in [2.75, 3.05) is 5.73 Å². The minimum atomic E-state index is -0.847. The number of nitrogens with one attached hydrogen (secondary N) is 1. The molecule has 1 aromatic carbocycles. The van der Waals surface area contributed by atoms with Crippen molar-refractivity contribution < 1.29 is 9.50 Å². The van der Waals surface area contributed by atoms with Gasteiger partial charge in [-0.15, -0.1) is 12.4 Å². The van der Waals surface area contributed by atoms with Gasteiger partial charge in [0.05, 0.1) is 11.8 Å². The second-order valence-corrected chi connectivity index (χ2v) is 5.37. The van der Waals surface area contributed by atoms with E-state index >= 15 is 0 Å². The number of benzene rings is 1. The maximum Gasteiger partial charge on any atom is 0.151 e. The molecule has 0 saturated carbocycles. The monoisotopic (exact) mass is 274 g/mol. The van der Waals surface area contributed by atoms with Crippen molar-refractivity contribution in [3.8, 4) is 0 Å². The van der Waals surface area contributed by atoms with Crippen LogP contribution in [0.5, 0.6) is 0 Å². The van der Waals surface area contributed by atoms with E-state index in [-0.39, 0.29) is 35.2 Å². The summed E-state index contributed by atoms with van der Waals surface area (Å²) in [7, 11) is 0. The zero-order chi connectivity index (χ0) is 12.6. The van der Waals surface area contributed by atoms with E-state index in [9.17, 15) is 9.50 Å². The van der Waals surface area contributed by atoms with E-state index in [1.807, 2.05) is 0 Å². The number of hydrogen-bond donors (Lipinski definition) is 3. The van der Waals surface area contributed by atoms with Gasteiger partial charge in [-0.3, -0.25) is 0 Å². The van der Waals surface area contributed by atoms with E-state index in [2.05, 4.69) is 19.2 Å². The van der Waals surface area contributed by atoms with Crippen molar-refractivity contribution in [2.24, 2.45) is 0 Å². The van der Waals surface area contributed by atoms with Crippen LogP contribution < -0.4 is 11.1 Å². The fourth-order valence-electron chi connectivity index (χ4n) is 2.41. The Morgan fingerprint density at radius 2 is 2.17 bits per heavy atom. The molecule has 5 heteroatoms. The topological polar surface area (TPSA) is 58.3 Å². The zero-order valence-corrected chi connectivity index (χ0v) is 11.4. The average molecular weight is 275 g/mol. The second kappa shape index (κ2) is 5.43. The molecule has 0 bridgehead atoms. The lowest BCUT2D eigenvalue weighted by molar-refractivity contribution is 0.128. The number of nitrogen functional groups attached to an aromatic ring is 1. The Kier molecular flexibility index (Phi) is 4.59. The van der Waals surface area contributed by atoms with E-state index in [0.717, 1.165) is 12.8 Å². The summed E-state index contributed by atoms with van der Waals surface area (Å²) < 4.78 is 13.8. The molecule has 2 rings (SSSR count). The molecule has 1 aliphatic rings. The number of anilines is 1. The number of halogens is 2. The third kappa shape index (κ3) is 2.94. The molecule has 1 unspecified atom stereocenters. The molecular weight excluding hydrogens is 255 g/mol. The van der Waals surface area contributed by atoms with Gasteiger partial charge >= 0.3 is 0 Å². The largest absolute Gasteiger partial charge is 0.396 e. The van der Waals surface area contributed by atoms with E-state index in [1.165, 1.54) is 6.07 Å². The van der Waals surface area contributed by atoms with Gasteiger partial charge in [-0.1, -0.05) is 12.1 Å². The third-order valence-electron chi connectivity index (χ3n) is 3.41. The van der Waals surface area contributed by atoms with Crippen LogP contribution in [-0.2, 0) is 0 Å². The van der Waals surface area contributed by atoms with Crippen molar-refractivity contribution in [1.29, 1.82) is 0 Å².